The van der Waals surface area contributed by atoms with E-state index in [0.29, 0.717) is 5.75 Å². The molecule has 4 nitrogen and oxygen atoms in total. The third-order valence-electron chi connectivity index (χ3n) is 1.65. The maximum absolute atomic E-state index is 11.5. The highest BCUT2D eigenvalue weighted by Crippen LogP contribution is 2.55. The van der Waals surface area contributed by atoms with E-state index >= 15 is 0 Å². The Labute approximate surface area is 89.5 Å². The Bertz CT molecular complexity index is 367. The molecule has 13 heavy (non-hydrogen) atoms. The Hall–Kier alpha value is -0.100. The molecular formula is C7H6IO4P. The van der Waals surface area contributed by atoms with E-state index in [0.717, 1.165) is 5.56 Å². The molecule has 1 heterocycles. The topological polar surface area (TPSA) is 44.8 Å². The molecule has 6 heteroatoms. The van der Waals surface area contributed by atoms with E-state index in [-0.39, 0.29) is 6.61 Å². The van der Waals surface area contributed by atoms with Crippen molar-refractivity contribution in [1.82, 2.24) is 0 Å². The van der Waals surface area contributed by atoms with Crippen molar-refractivity contribution in [2.24, 2.45) is 0 Å². The molecule has 1 aromatic rings. The summed E-state index contributed by atoms with van der Waals surface area (Å²) in [5.41, 5.74) is 0.877. The highest BCUT2D eigenvalue weighted by atomic mass is 127. The molecule has 0 saturated heterocycles. The predicted molar refractivity (Wildman–Crippen MR) is 54.6 cm³/mol. The van der Waals surface area contributed by atoms with E-state index in [1.54, 1.807) is 6.07 Å². The molecule has 1 aromatic carbocycles. The van der Waals surface area contributed by atoms with E-state index in [4.69, 9.17) is 9.05 Å². The number of halogens is 1. The Kier molecular flexibility index (Phi) is 2.60. The average Bonchev–Trinajstić information content (AvgIpc) is 2.18. The van der Waals surface area contributed by atoms with Gasteiger partial charge in [-0.1, -0.05) is 18.2 Å². The summed E-state index contributed by atoms with van der Waals surface area (Å²) < 4.78 is 26.1. The highest BCUT2D eigenvalue weighted by Gasteiger charge is 2.33. The van der Waals surface area contributed by atoms with Crippen LogP contribution in [0.4, 0.5) is 0 Å². The van der Waals surface area contributed by atoms with Crippen LogP contribution in [0.3, 0.4) is 0 Å². The zero-order valence-electron chi connectivity index (χ0n) is 6.47. The van der Waals surface area contributed by atoms with Gasteiger partial charge in [0.05, 0.1) is 6.61 Å². The molecule has 0 N–H and O–H groups in total. The van der Waals surface area contributed by atoms with Gasteiger partial charge in [0.2, 0.25) is 0 Å². The molecule has 70 valence electrons. The molecule has 1 atom stereocenters. The van der Waals surface area contributed by atoms with Gasteiger partial charge >= 0.3 is 7.82 Å². The summed E-state index contributed by atoms with van der Waals surface area (Å²) in [6, 6.07) is 7.26. The fraction of sp³-hybridized carbons (Fsp3) is 0.143. The van der Waals surface area contributed by atoms with Crippen LogP contribution >= 0.6 is 30.8 Å². The Morgan fingerprint density at radius 3 is 3.00 bits per heavy atom. The van der Waals surface area contributed by atoms with E-state index in [2.05, 4.69) is 2.85 Å². The molecular weight excluding hydrogens is 306 g/mol. The van der Waals surface area contributed by atoms with Crippen LogP contribution in [-0.4, -0.2) is 0 Å². The largest absolute Gasteiger partial charge is 0.540 e. The average molecular weight is 312 g/mol. The minimum Gasteiger partial charge on any atom is -0.403 e. The van der Waals surface area contributed by atoms with Gasteiger partial charge < -0.3 is 4.52 Å². The lowest BCUT2D eigenvalue weighted by Crippen LogP contribution is -2.06. The molecule has 0 saturated carbocycles. The maximum atomic E-state index is 11.5. The standard InChI is InChI=1S/C7H6IO4P/c8-12-13(9)10-5-6-3-1-2-4-7(6)11-13/h1-4H,5H2. The van der Waals surface area contributed by atoms with Gasteiger partial charge in [0.15, 0.2) is 0 Å². The second-order valence-electron chi connectivity index (χ2n) is 2.49. The highest BCUT2D eigenvalue weighted by molar-refractivity contribution is 14.1. The molecule has 1 aliphatic rings. The van der Waals surface area contributed by atoms with Crippen molar-refractivity contribution >= 4 is 30.8 Å². The van der Waals surface area contributed by atoms with Crippen LogP contribution in [0.25, 0.3) is 0 Å². The predicted octanol–water partition coefficient (Wildman–Crippen LogP) is 3.07. The van der Waals surface area contributed by atoms with Crippen molar-refractivity contribution < 1.29 is 16.5 Å². The SMILES string of the molecule is O=P1(OI)OCc2ccccc2O1. The summed E-state index contributed by atoms with van der Waals surface area (Å²) in [5, 5.41) is 0. The molecule has 0 aromatic heterocycles. The number of benzene rings is 1. The summed E-state index contributed by atoms with van der Waals surface area (Å²) >= 11 is 1.51. The van der Waals surface area contributed by atoms with Crippen LogP contribution in [0.5, 0.6) is 5.75 Å². The lowest BCUT2D eigenvalue weighted by molar-refractivity contribution is 0.195. The lowest BCUT2D eigenvalue weighted by atomic mass is 10.2. The summed E-state index contributed by atoms with van der Waals surface area (Å²) in [4.78, 5) is 0. The number of hydrogen-bond donors (Lipinski definition) is 0. The zero-order valence-corrected chi connectivity index (χ0v) is 9.53. The van der Waals surface area contributed by atoms with Crippen LogP contribution in [0, 0.1) is 0 Å². The number of para-hydroxylation sites is 1. The Balaban J connectivity index is 2.35. The first kappa shape index (κ1) is 9.45. The van der Waals surface area contributed by atoms with Gasteiger partial charge in [-0.25, -0.2) is 7.42 Å². The van der Waals surface area contributed by atoms with Crippen LogP contribution in [-0.2, 0) is 18.5 Å². The quantitative estimate of drug-likeness (QED) is 0.590. The van der Waals surface area contributed by atoms with E-state index in [1.165, 1.54) is 23.0 Å². The van der Waals surface area contributed by atoms with Crippen LogP contribution in [0.1, 0.15) is 5.56 Å². The third-order valence-corrected chi connectivity index (χ3v) is 4.13. The molecule has 0 aliphatic carbocycles. The number of fused-ring (bicyclic) bond motifs is 1. The van der Waals surface area contributed by atoms with Crippen LogP contribution < -0.4 is 4.52 Å². The molecule has 1 aliphatic heterocycles. The second-order valence-corrected chi connectivity index (χ2v) is 5.14. The summed E-state index contributed by atoms with van der Waals surface area (Å²) in [5.74, 6) is 0.564. The maximum Gasteiger partial charge on any atom is 0.540 e. The fourth-order valence-corrected chi connectivity index (χ4v) is 2.46. The van der Waals surface area contributed by atoms with Crippen molar-refractivity contribution in [3.05, 3.63) is 29.8 Å². The van der Waals surface area contributed by atoms with Gasteiger partial charge in [-0.15, -0.1) is 0 Å². The fourth-order valence-electron chi connectivity index (χ4n) is 1.04. The monoisotopic (exact) mass is 312 g/mol. The minimum absolute atomic E-state index is 0.260. The molecule has 0 spiro atoms. The van der Waals surface area contributed by atoms with E-state index in [1.807, 2.05) is 18.2 Å². The Morgan fingerprint density at radius 2 is 2.23 bits per heavy atom. The third kappa shape index (κ3) is 1.88. The van der Waals surface area contributed by atoms with Gasteiger partial charge in [-0.05, 0) is 6.07 Å². The summed E-state index contributed by atoms with van der Waals surface area (Å²) in [6.07, 6.45) is 0. The van der Waals surface area contributed by atoms with Gasteiger partial charge in [0.1, 0.15) is 28.8 Å². The first-order valence-corrected chi connectivity index (χ1v) is 5.90. The molecule has 0 radical (unpaired) electrons. The minimum atomic E-state index is -3.34. The molecule has 2 rings (SSSR count). The molecule has 1 unspecified atom stereocenters. The van der Waals surface area contributed by atoms with Gasteiger partial charge in [-0.3, -0.25) is 4.52 Å². The van der Waals surface area contributed by atoms with Crippen molar-refractivity contribution in [2.45, 2.75) is 6.61 Å². The van der Waals surface area contributed by atoms with E-state index < -0.39 is 7.82 Å². The number of phosphoric ester groups is 1. The van der Waals surface area contributed by atoms with Gasteiger partial charge in [-0.2, -0.15) is 0 Å². The van der Waals surface area contributed by atoms with Crippen LogP contribution in [0.2, 0.25) is 0 Å². The molecule has 0 amide bonds. The van der Waals surface area contributed by atoms with Crippen LogP contribution in [0.15, 0.2) is 24.3 Å². The van der Waals surface area contributed by atoms with Gasteiger partial charge in [0.25, 0.3) is 0 Å². The second kappa shape index (κ2) is 3.57. The van der Waals surface area contributed by atoms with Crippen molar-refractivity contribution in [3.63, 3.8) is 0 Å². The molecule has 0 fully saturated rings. The number of phosphoric acid groups is 1. The summed E-state index contributed by atoms with van der Waals surface area (Å²) in [7, 11) is -3.34. The zero-order chi connectivity index (χ0) is 9.31. The van der Waals surface area contributed by atoms with Crippen molar-refractivity contribution in [2.75, 3.05) is 0 Å². The smallest absolute Gasteiger partial charge is 0.403 e. The normalized spacial score (nSPS) is 26.2. The first-order valence-electron chi connectivity index (χ1n) is 3.56. The lowest BCUT2D eigenvalue weighted by Gasteiger charge is -2.22. The molecule has 0 bridgehead atoms. The van der Waals surface area contributed by atoms with Crippen molar-refractivity contribution in [3.8, 4) is 5.75 Å². The number of rotatable bonds is 1. The first-order chi connectivity index (χ1) is 6.23. The summed E-state index contributed by atoms with van der Waals surface area (Å²) in [6.45, 7) is 0.260. The Morgan fingerprint density at radius 1 is 1.46 bits per heavy atom. The van der Waals surface area contributed by atoms with Crippen molar-refractivity contribution in [1.29, 1.82) is 0 Å². The van der Waals surface area contributed by atoms with E-state index in [9.17, 15) is 4.57 Å². The van der Waals surface area contributed by atoms with Gasteiger partial charge in [0, 0.05) is 5.56 Å². The number of hydrogen-bond acceptors (Lipinski definition) is 4.